The lowest BCUT2D eigenvalue weighted by atomic mass is 10.0. The molecule has 3 aromatic carbocycles. The summed E-state index contributed by atoms with van der Waals surface area (Å²) in [7, 11) is -3.56. The molecule has 0 saturated heterocycles. The summed E-state index contributed by atoms with van der Waals surface area (Å²) in [6, 6.07) is 21.0. The van der Waals surface area contributed by atoms with Crippen molar-refractivity contribution < 1.29 is 13.2 Å². The Labute approximate surface area is 171 Å². The molecule has 1 aliphatic rings. The molecule has 1 atom stereocenters. The summed E-state index contributed by atoms with van der Waals surface area (Å²) < 4.78 is 27.3. The summed E-state index contributed by atoms with van der Waals surface area (Å²) in [5.74, 6) is 0.173. The highest BCUT2D eigenvalue weighted by Gasteiger charge is 2.34. The van der Waals surface area contributed by atoms with E-state index in [1.165, 1.54) is 9.87 Å². The smallest absolute Gasteiger partial charge is 0.265 e. The summed E-state index contributed by atoms with van der Waals surface area (Å²) in [6.45, 7) is 2.93. The molecule has 29 heavy (non-hydrogen) atoms. The number of sulfonamides is 1. The fourth-order valence-corrected chi connectivity index (χ4v) is 5.59. The zero-order chi connectivity index (χ0) is 20.4. The maximum Gasteiger partial charge on any atom is 0.265 e. The summed E-state index contributed by atoms with van der Waals surface area (Å²) in [4.78, 5) is 12.6. The second-order valence-electron chi connectivity index (χ2n) is 7.43. The summed E-state index contributed by atoms with van der Waals surface area (Å²) in [6.07, 6.45) is 0.759. The first-order valence-electron chi connectivity index (χ1n) is 9.84. The molecule has 1 N–H and O–H groups in total. The van der Waals surface area contributed by atoms with E-state index < -0.39 is 10.0 Å². The van der Waals surface area contributed by atoms with Gasteiger partial charge in [-0.15, -0.1) is 0 Å². The first-order chi connectivity index (χ1) is 14.0. The number of carbonyl (C=O) groups excluding carboxylic acids is 1. The molecule has 1 heterocycles. The van der Waals surface area contributed by atoms with Crippen LogP contribution < -0.4 is 9.62 Å². The lowest BCUT2D eigenvalue weighted by molar-refractivity contribution is -0.121. The third-order valence-electron chi connectivity index (χ3n) is 5.42. The Balaban J connectivity index is 1.35. The number of rotatable bonds is 7. The van der Waals surface area contributed by atoms with Gasteiger partial charge in [0.15, 0.2) is 0 Å². The SMILES string of the molecule is C[C@@H](CNC(=O)CCCN1c2cccc3cccc(c23)S1(=O)=O)c1ccccc1. The number of anilines is 1. The number of hydrogen-bond acceptors (Lipinski definition) is 3. The molecule has 0 unspecified atom stereocenters. The molecule has 4 rings (SSSR count). The molecule has 5 nitrogen and oxygen atoms in total. The van der Waals surface area contributed by atoms with Crippen molar-refractivity contribution in [3.63, 3.8) is 0 Å². The van der Waals surface area contributed by atoms with Crippen molar-refractivity contribution in [1.82, 2.24) is 5.32 Å². The van der Waals surface area contributed by atoms with Gasteiger partial charge in [-0.2, -0.15) is 0 Å². The third-order valence-corrected chi connectivity index (χ3v) is 7.28. The summed E-state index contributed by atoms with van der Waals surface area (Å²) in [5, 5.41) is 4.65. The highest BCUT2D eigenvalue weighted by Crippen LogP contribution is 2.41. The average molecular weight is 409 g/mol. The molecule has 3 aromatic rings. The van der Waals surface area contributed by atoms with Crippen molar-refractivity contribution in [3.8, 4) is 0 Å². The van der Waals surface area contributed by atoms with E-state index >= 15 is 0 Å². The fourth-order valence-electron chi connectivity index (χ4n) is 3.84. The van der Waals surface area contributed by atoms with Gasteiger partial charge in [-0.25, -0.2) is 8.42 Å². The van der Waals surface area contributed by atoms with E-state index in [1.54, 1.807) is 12.1 Å². The van der Waals surface area contributed by atoms with Crippen LogP contribution in [0.4, 0.5) is 5.69 Å². The molecule has 0 radical (unpaired) electrons. The van der Waals surface area contributed by atoms with Crippen LogP contribution in [0.3, 0.4) is 0 Å². The predicted octanol–water partition coefficient (Wildman–Crippen LogP) is 4.05. The Morgan fingerprint density at radius 3 is 2.48 bits per heavy atom. The molecule has 0 spiro atoms. The minimum absolute atomic E-state index is 0.0555. The van der Waals surface area contributed by atoms with Crippen LogP contribution in [0.15, 0.2) is 71.6 Å². The van der Waals surface area contributed by atoms with Crippen LogP contribution in [0.2, 0.25) is 0 Å². The van der Waals surface area contributed by atoms with Gasteiger partial charge < -0.3 is 5.32 Å². The Morgan fingerprint density at radius 2 is 1.72 bits per heavy atom. The third kappa shape index (κ3) is 3.72. The van der Waals surface area contributed by atoms with Gasteiger partial charge in [-0.1, -0.05) is 61.5 Å². The van der Waals surface area contributed by atoms with Gasteiger partial charge in [0.1, 0.15) is 0 Å². The monoisotopic (exact) mass is 408 g/mol. The Hall–Kier alpha value is -2.86. The minimum Gasteiger partial charge on any atom is -0.356 e. The van der Waals surface area contributed by atoms with Gasteiger partial charge in [-0.05, 0) is 35.4 Å². The molecule has 0 bridgehead atoms. The van der Waals surface area contributed by atoms with Crippen LogP contribution in [-0.4, -0.2) is 27.4 Å². The quantitative estimate of drug-likeness (QED) is 0.641. The molecule has 0 saturated carbocycles. The van der Waals surface area contributed by atoms with Crippen LogP contribution in [-0.2, 0) is 14.8 Å². The van der Waals surface area contributed by atoms with Crippen molar-refractivity contribution in [2.45, 2.75) is 30.6 Å². The van der Waals surface area contributed by atoms with Crippen molar-refractivity contribution in [2.24, 2.45) is 0 Å². The van der Waals surface area contributed by atoms with Gasteiger partial charge >= 0.3 is 0 Å². The van der Waals surface area contributed by atoms with Crippen molar-refractivity contribution in [1.29, 1.82) is 0 Å². The number of hydrogen-bond donors (Lipinski definition) is 1. The second kappa shape index (κ2) is 7.87. The maximum atomic E-state index is 12.9. The van der Waals surface area contributed by atoms with E-state index in [4.69, 9.17) is 0 Å². The molecule has 6 heteroatoms. The molecule has 0 aromatic heterocycles. The zero-order valence-corrected chi connectivity index (χ0v) is 17.2. The van der Waals surface area contributed by atoms with Crippen molar-refractivity contribution >= 4 is 32.4 Å². The van der Waals surface area contributed by atoms with Crippen LogP contribution in [0, 0.1) is 0 Å². The number of amides is 1. The van der Waals surface area contributed by atoms with Crippen LogP contribution in [0.1, 0.15) is 31.2 Å². The first-order valence-corrected chi connectivity index (χ1v) is 11.3. The normalized spacial score (nSPS) is 15.4. The molecule has 150 valence electrons. The number of nitrogens with zero attached hydrogens (tertiary/aromatic N) is 1. The molecule has 1 amide bonds. The number of benzene rings is 3. The van der Waals surface area contributed by atoms with Crippen LogP contribution >= 0.6 is 0 Å². The van der Waals surface area contributed by atoms with Crippen LogP contribution in [0.25, 0.3) is 10.8 Å². The van der Waals surface area contributed by atoms with Crippen molar-refractivity contribution in [2.75, 3.05) is 17.4 Å². The lowest BCUT2D eigenvalue weighted by Crippen LogP contribution is -2.31. The highest BCUT2D eigenvalue weighted by atomic mass is 32.2. The Morgan fingerprint density at radius 1 is 1.00 bits per heavy atom. The lowest BCUT2D eigenvalue weighted by Gasteiger charge is -2.19. The van der Waals surface area contributed by atoms with E-state index in [-0.39, 0.29) is 18.4 Å². The number of nitrogens with one attached hydrogen (secondary N) is 1. The van der Waals surface area contributed by atoms with Crippen molar-refractivity contribution in [3.05, 3.63) is 72.3 Å². The Bertz CT molecular complexity index is 1140. The summed E-state index contributed by atoms with van der Waals surface area (Å²) >= 11 is 0. The van der Waals surface area contributed by atoms with E-state index in [0.29, 0.717) is 30.0 Å². The van der Waals surface area contributed by atoms with Gasteiger partial charge in [0.2, 0.25) is 5.91 Å². The molecule has 0 aliphatic carbocycles. The largest absolute Gasteiger partial charge is 0.356 e. The van der Waals surface area contributed by atoms with E-state index in [2.05, 4.69) is 12.2 Å². The standard InChI is InChI=1S/C23H24N2O3S/c1-17(18-8-3-2-4-9-18)16-24-22(26)14-7-15-25-20-12-5-10-19-11-6-13-21(23(19)20)29(25,27)28/h2-6,8-13,17H,7,14-16H2,1H3,(H,24,26)/t17-/m0/s1. The first kappa shape index (κ1) is 19.5. The minimum atomic E-state index is -3.56. The molecular weight excluding hydrogens is 384 g/mol. The van der Waals surface area contributed by atoms with Gasteiger partial charge in [0.25, 0.3) is 10.0 Å². The molecule has 1 aliphatic heterocycles. The number of carbonyl (C=O) groups is 1. The summed E-state index contributed by atoms with van der Waals surface area (Å²) in [5.41, 5.74) is 1.89. The maximum absolute atomic E-state index is 12.9. The predicted molar refractivity (Wildman–Crippen MR) is 116 cm³/mol. The van der Waals surface area contributed by atoms with Gasteiger partial charge in [0, 0.05) is 24.9 Å². The Kier molecular flexibility index (Phi) is 5.28. The fraction of sp³-hybridized carbons (Fsp3) is 0.261. The topological polar surface area (TPSA) is 66.5 Å². The van der Waals surface area contributed by atoms with Gasteiger partial charge in [0.05, 0.1) is 10.6 Å². The average Bonchev–Trinajstić information content (AvgIpc) is 2.96. The molecule has 0 fully saturated rings. The van der Waals surface area contributed by atoms with Gasteiger partial charge in [-0.3, -0.25) is 9.10 Å². The van der Waals surface area contributed by atoms with Crippen LogP contribution in [0.5, 0.6) is 0 Å². The van der Waals surface area contributed by atoms with E-state index in [1.807, 2.05) is 54.6 Å². The molecular formula is C23H24N2O3S. The zero-order valence-electron chi connectivity index (χ0n) is 16.3. The highest BCUT2D eigenvalue weighted by molar-refractivity contribution is 7.93. The van der Waals surface area contributed by atoms with E-state index in [9.17, 15) is 13.2 Å². The second-order valence-corrected chi connectivity index (χ2v) is 9.26. The van der Waals surface area contributed by atoms with E-state index in [0.717, 1.165) is 10.8 Å².